The van der Waals surface area contributed by atoms with Gasteiger partial charge >= 0.3 is 5.97 Å². The highest BCUT2D eigenvalue weighted by molar-refractivity contribution is 7.21. The first-order valence-electron chi connectivity index (χ1n) is 8.60. The molecule has 4 rings (SSSR count). The largest absolute Gasteiger partial charge is 0.465 e. The fourth-order valence-corrected chi connectivity index (χ4v) is 3.84. The summed E-state index contributed by atoms with van der Waals surface area (Å²) in [6.45, 7) is 6.28. The average molecular weight is 380 g/mol. The van der Waals surface area contributed by atoms with Gasteiger partial charge in [0, 0.05) is 11.7 Å². The van der Waals surface area contributed by atoms with E-state index in [2.05, 4.69) is 32.2 Å². The van der Waals surface area contributed by atoms with Gasteiger partial charge in [0.15, 0.2) is 0 Å². The molecule has 0 aliphatic heterocycles. The Morgan fingerprint density at radius 3 is 2.67 bits per heavy atom. The van der Waals surface area contributed by atoms with E-state index in [9.17, 15) is 4.79 Å². The topological polar surface area (TPSA) is 68.5 Å². The van der Waals surface area contributed by atoms with E-state index in [1.54, 1.807) is 23.5 Å². The van der Waals surface area contributed by atoms with Crippen LogP contribution in [0, 0.1) is 0 Å². The number of rotatable bonds is 3. The number of pyridine rings is 1. The van der Waals surface area contributed by atoms with Gasteiger partial charge in [0.2, 0.25) is 0 Å². The second-order valence-electron chi connectivity index (χ2n) is 7.31. The van der Waals surface area contributed by atoms with Crippen LogP contribution >= 0.6 is 11.3 Å². The summed E-state index contributed by atoms with van der Waals surface area (Å²) in [5.74, 6) is 0.473. The number of fused-ring (bicyclic) bond motifs is 2. The third kappa shape index (κ3) is 3.26. The summed E-state index contributed by atoms with van der Waals surface area (Å²) < 4.78 is 7.88. The molecule has 138 valence electrons. The number of hydrogen-bond donors (Lipinski definition) is 1. The number of methoxy groups -OCH3 is 1. The maximum atomic E-state index is 11.9. The lowest BCUT2D eigenvalue weighted by Crippen LogP contribution is -2.27. The van der Waals surface area contributed by atoms with Crippen LogP contribution in [0.2, 0.25) is 0 Å². The molecule has 6 nitrogen and oxygen atoms in total. The summed E-state index contributed by atoms with van der Waals surface area (Å²) in [6, 6.07) is 11.5. The van der Waals surface area contributed by atoms with Crippen LogP contribution < -0.4 is 5.32 Å². The summed E-state index contributed by atoms with van der Waals surface area (Å²) >= 11 is 1.60. The Hall–Kier alpha value is -2.93. The Morgan fingerprint density at radius 2 is 1.96 bits per heavy atom. The number of carbonyl (C=O) groups is 1. The van der Waals surface area contributed by atoms with Crippen LogP contribution in [0.5, 0.6) is 0 Å². The molecule has 3 heterocycles. The van der Waals surface area contributed by atoms with Gasteiger partial charge in [-0.15, -0.1) is 11.3 Å². The minimum absolute atomic E-state index is 0.164. The Labute approximate surface area is 160 Å². The number of imidazole rings is 1. The van der Waals surface area contributed by atoms with E-state index in [-0.39, 0.29) is 11.5 Å². The van der Waals surface area contributed by atoms with Gasteiger partial charge in [0.05, 0.1) is 22.9 Å². The van der Waals surface area contributed by atoms with E-state index >= 15 is 0 Å². The van der Waals surface area contributed by atoms with Gasteiger partial charge in [-0.1, -0.05) is 12.1 Å². The molecule has 0 bridgehead atoms. The lowest BCUT2D eigenvalue weighted by atomic mass is 10.1. The smallest absolute Gasteiger partial charge is 0.338 e. The zero-order valence-corrected chi connectivity index (χ0v) is 16.4. The standard InChI is InChI=1S/C20H20N4O2S/c1-20(2,3)23-17-16(18-21-13-7-5-6-8-14(13)27-18)22-15-11-12(19(25)26-4)9-10-24(15)17/h5-11,23H,1-4H3. The molecule has 7 heteroatoms. The molecule has 0 saturated carbocycles. The van der Waals surface area contributed by atoms with Gasteiger partial charge in [0.25, 0.3) is 0 Å². The van der Waals surface area contributed by atoms with E-state index in [0.29, 0.717) is 11.2 Å². The van der Waals surface area contributed by atoms with E-state index in [1.807, 2.05) is 28.8 Å². The highest BCUT2D eigenvalue weighted by atomic mass is 32.1. The number of thiazole rings is 1. The number of benzene rings is 1. The zero-order valence-electron chi connectivity index (χ0n) is 15.6. The molecule has 0 spiro atoms. The van der Waals surface area contributed by atoms with E-state index in [0.717, 1.165) is 26.7 Å². The Bertz CT molecular complexity index is 1120. The van der Waals surface area contributed by atoms with Gasteiger partial charge in [-0.3, -0.25) is 4.40 Å². The van der Waals surface area contributed by atoms with Crippen LogP contribution in [0.25, 0.3) is 26.6 Å². The van der Waals surface area contributed by atoms with Crippen molar-refractivity contribution >= 4 is 39.0 Å². The number of anilines is 1. The number of nitrogens with zero attached hydrogens (tertiary/aromatic N) is 3. The van der Waals surface area contributed by atoms with E-state index < -0.39 is 0 Å². The monoisotopic (exact) mass is 380 g/mol. The highest BCUT2D eigenvalue weighted by Crippen LogP contribution is 2.35. The summed E-state index contributed by atoms with van der Waals surface area (Å²) in [5, 5.41) is 4.37. The molecule has 0 amide bonds. The SMILES string of the molecule is COC(=O)c1ccn2c(NC(C)(C)C)c(-c3nc4ccccc4s3)nc2c1. The van der Waals surface area contributed by atoms with Crippen LogP contribution in [0.4, 0.5) is 5.82 Å². The van der Waals surface area contributed by atoms with Crippen molar-refractivity contribution in [3.8, 4) is 10.7 Å². The molecule has 0 atom stereocenters. The summed E-state index contributed by atoms with van der Waals surface area (Å²) in [4.78, 5) is 21.4. The van der Waals surface area contributed by atoms with Crippen molar-refractivity contribution in [2.45, 2.75) is 26.3 Å². The van der Waals surface area contributed by atoms with Crippen molar-refractivity contribution < 1.29 is 9.53 Å². The van der Waals surface area contributed by atoms with Gasteiger partial charge < -0.3 is 10.1 Å². The van der Waals surface area contributed by atoms with Crippen molar-refractivity contribution in [2.75, 3.05) is 12.4 Å². The van der Waals surface area contributed by atoms with Crippen molar-refractivity contribution in [2.24, 2.45) is 0 Å². The molecule has 0 fully saturated rings. The Morgan fingerprint density at radius 1 is 1.19 bits per heavy atom. The Balaban J connectivity index is 1.94. The number of esters is 1. The maximum absolute atomic E-state index is 11.9. The second kappa shape index (κ2) is 6.35. The molecule has 0 radical (unpaired) electrons. The predicted molar refractivity (Wildman–Crippen MR) is 109 cm³/mol. The molecular formula is C20H20N4O2S. The van der Waals surface area contributed by atoms with Crippen LogP contribution in [0.1, 0.15) is 31.1 Å². The molecule has 0 aliphatic rings. The molecule has 1 N–H and O–H groups in total. The van der Waals surface area contributed by atoms with Crippen molar-refractivity contribution in [3.05, 3.63) is 48.2 Å². The van der Waals surface area contributed by atoms with Crippen molar-refractivity contribution in [1.82, 2.24) is 14.4 Å². The van der Waals surface area contributed by atoms with Crippen LogP contribution in [0.3, 0.4) is 0 Å². The van der Waals surface area contributed by atoms with Gasteiger partial charge in [0.1, 0.15) is 22.2 Å². The number of hydrogen-bond acceptors (Lipinski definition) is 6. The number of ether oxygens (including phenoxy) is 1. The molecular weight excluding hydrogens is 360 g/mol. The van der Waals surface area contributed by atoms with Gasteiger partial charge in [-0.05, 0) is 45.0 Å². The fourth-order valence-electron chi connectivity index (χ4n) is 2.89. The first-order valence-corrected chi connectivity index (χ1v) is 9.42. The minimum Gasteiger partial charge on any atom is -0.465 e. The third-order valence-corrected chi connectivity index (χ3v) is 5.08. The average Bonchev–Trinajstić information content (AvgIpc) is 3.20. The molecule has 4 aromatic rings. The van der Waals surface area contributed by atoms with Gasteiger partial charge in [-0.25, -0.2) is 14.8 Å². The van der Waals surface area contributed by atoms with Crippen molar-refractivity contribution in [3.63, 3.8) is 0 Å². The van der Waals surface area contributed by atoms with Crippen LogP contribution in [0.15, 0.2) is 42.6 Å². The number of nitrogens with one attached hydrogen (secondary N) is 1. The third-order valence-electron chi connectivity index (χ3n) is 4.04. The zero-order chi connectivity index (χ0) is 19.2. The number of carbonyl (C=O) groups excluding carboxylic acids is 1. The Kier molecular flexibility index (Phi) is 4.11. The lowest BCUT2D eigenvalue weighted by molar-refractivity contribution is 0.0600. The molecule has 27 heavy (non-hydrogen) atoms. The maximum Gasteiger partial charge on any atom is 0.338 e. The predicted octanol–water partition coefficient (Wildman–Crippen LogP) is 4.61. The summed E-state index contributed by atoms with van der Waals surface area (Å²) in [6.07, 6.45) is 1.83. The number of aromatic nitrogens is 3. The first-order chi connectivity index (χ1) is 12.9. The molecule has 3 aromatic heterocycles. The van der Waals surface area contributed by atoms with Crippen LogP contribution in [-0.4, -0.2) is 33.0 Å². The molecule has 0 saturated heterocycles. The quantitative estimate of drug-likeness (QED) is 0.526. The normalized spacial score (nSPS) is 11.9. The lowest BCUT2D eigenvalue weighted by Gasteiger charge is -2.22. The second-order valence-corrected chi connectivity index (χ2v) is 8.34. The van der Waals surface area contributed by atoms with Gasteiger partial charge in [-0.2, -0.15) is 0 Å². The molecule has 1 aromatic carbocycles. The minimum atomic E-state index is -0.382. The molecule has 0 unspecified atom stereocenters. The summed E-state index contributed by atoms with van der Waals surface area (Å²) in [7, 11) is 1.37. The highest BCUT2D eigenvalue weighted by Gasteiger charge is 2.22. The number of para-hydroxylation sites is 1. The van der Waals surface area contributed by atoms with E-state index in [4.69, 9.17) is 14.7 Å². The fraction of sp³-hybridized carbons (Fsp3) is 0.250. The van der Waals surface area contributed by atoms with Crippen molar-refractivity contribution in [1.29, 1.82) is 0 Å². The summed E-state index contributed by atoms with van der Waals surface area (Å²) in [5.41, 5.74) is 2.69. The van der Waals surface area contributed by atoms with E-state index in [1.165, 1.54) is 7.11 Å². The first kappa shape index (κ1) is 17.5. The molecule has 0 aliphatic carbocycles. The van der Waals surface area contributed by atoms with Crippen LogP contribution in [-0.2, 0) is 4.74 Å².